The van der Waals surface area contributed by atoms with Gasteiger partial charge in [0.25, 0.3) is 0 Å². The van der Waals surface area contributed by atoms with Gasteiger partial charge in [0.1, 0.15) is 0 Å². The maximum absolute atomic E-state index is 13.2. The van der Waals surface area contributed by atoms with Crippen molar-refractivity contribution in [1.82, 2.24) is 0 Å². The zero-order valence-corrected chi connectivity index (χ0v) is 15.5. The topological polar surface area (TPSA) is 44.8 Å². The van der Waals surface area contributed by atoms with E-state index in [4.69, 9.17) is 14.2 Å². The minimum atomic E-state index is -0.396. The quantitative estimate of drug-likeness (QED) is 0.590. The predicted octanol–water partition coefficient (Wildman–Crippen LogP) is 3.78. The molecule has 27 heavy (non-hydrogen) atoms. The van der Waals surface area contributed by atoms with Crippen LogP contribution in [0.5, 0.6) is 0 Å². The van der Waals surface area contributed by atoms with Crippen molar-refractivity contribution in [2.75, 3.05) is 0 Å². The highest BCUT2D eigenvalue weighted by atomic mass is 16.9. The number of allylic oxidation sites excluding steroid dienone is 2. The van der Waals surface area contributed by atoms with Gasteiger partial charge < -0.3 is 14.2 Å². The predicted molar refractivity (Wildman–Crippen MR) is 98.6 cm³/mol. The van der Waals surface area contributed by atoms with Gasteiger partial charge in [-0.1, -0.05) is 36.4 Å². The molecular formula is C23H26O4. The number of carbonyl (C=O) groups is 1. The van der Waals surface area contributed by atoms with Gasteiger partial charge in [-0.05, 0) is 67.9 Å². The van der Waals surface area contributed by atoms with E-state index in [9.17, 15) is 4.79 Å². The summed E-state index contributed by atoms with van der Waals surface area (Å²) in [5.74, 6) is 0.869. The molecule has 4 bridgehead atoms. The van der Waals surface area contributed by atoms with E-state index in [0.29, 0.717) is 11.8 Å². The van der Waals surface area contributed by atoms with Crippen molar-refractivity contribution >= 4 is 5.97 Å². The summed E-state index contributed by atoms with van der Waals surface area (Å²) >= 11 is 0. The van der Waals surface area contributed by atoms with E-state index in [-0.39, 0.29) is 29.7 Å². The largest absolute Gasteiger partial charge is 0.456 e. The molecule has 3 unspecified atom stereocenters. The minimum absolute atomic E-state index is 0.00806. The SMILES string of the molecule is O=C(O[C@@H]1C2OC(CCC13Cc1ccccc1C3)O2)C1CC2C=CC1CC2. The third-order valence-corrected chi connectivity index (χ3v) is 7.62. The van der Waals surface area contributed by atoms with Gasteiger partial charge in [0.05, 0.1) is 5.92 Å². The van der Waals surface area contributed by atoms with Gasteiger partial charge in [0.2, 0.25) is 6.29 Å². The fraction of sp³-hybridized carbons (Fsp3) is 0.609. The standard InChI is InChI=1S/C23H26O4/c24-21(18-11-14-5-7-15(18)8-6-14)27-20-22-25-19(26-22)9-10-23(20)12-16-3-1-2-4-17(16)13-23/h1-5,7,14-15,18-20,22H,6,8-13H2/t14?,15?,18?,19?,20-,22?/m1/s1. The van der Waals surface area contributed by atoms with Crippen LogP contribution >= 0.6 is 0 Å². The average molecular weight is 366 g/mol. The molecule has 0 amide bonds. The summed E-state index contributed by atoms with van der Waals surface area (Å²) in [6, 6.07) is 8.64. The van der Waals surface area contributed by atoms with E-state index < -0.39 is 6.29 Å². The van der Waals surface area contributed by atoms with Crippen LogP contribution in [0.4, 0.5) is 0 Å². The lowest BCUT2D eigenvalue weighted by Crippen LogP contribution is -2.54. The molecule has 0 aromatic heterocycles. The lowest BCUT2D eigenvalue weighted by Gasteiger charge is -2.43. The number of carbonyl (C=O) groups excluding carboxylic acids is 1. The molecule has 1 aromatic carbocycles. The molecule has 4 nitrogen and oxygen atoms in total. The number of hydrogen-bond acceptors (Lipinski definition) is 4. The molecular weight excluding hydrogens is 340 g/mol. The van der Waals surface area contributed by atoms with Crippen LogP contribution in [0.1, 0.15) is 43.2 Å². The average Bonchev–Trinajstić information content (AvgIpc) is 2.92. The lowest BCUT2D eigenvalue weighted by molar-refractivity contribution is -0.403. The van der Waals surface area contributed by atoms with E-state index in [1.807, 2.05) is 0 Å². The van der Waals surface area contributed by atoms with Crippen LogP contribution in [0.3, 0.4) is 0 Å². The molecule has 3 aliphatic heterocycles. The Balaban J connectivity index is 1.28. The number of rotatable bonds is 2. The molecule has 142 valence electrons. The summed E-state index contributed by atoms with van der Waals surface area (Å²) in [6.07, 6.45) is 10.8. The molecule has 7 aliphatic rings. The second-order valence-corrected chi connectivity index (χ2v) is 9.18. The Kier molecular flexibility index (Phi) is 3.58. The molecule has 4 heteroatoms. The third-order valence-electron chi connectivity index (χ3n) is 7.62. The van der Waals surface area contributed by atoms with Gasteiger partial charge in [-0.25, -0.2) is 0 Å². The fourth-order valence-corrected chi connectivity index (χ4v) is 6.12. The highest BCUT2D eigenvalue weighted by molar-refractivity contribution is 5.74. The first-order valence-electron chi connectivity index (χ1n) is 10.5. The van der Waals surface area contributed by atoms with Crippen LogP contribution in [0.25, 0.3) is 0 Å². The van der Waals surface area contributed by atoms with Gasteiger partial charge in [0, 0.05) is 5.41 Å². The maximum atomic E-state index is 13.2. The molecule has 4 atom stereocenters. The monoisotopic (exact) mass is 366 g/mol. The Morgan fingerprint density at radius 3 is 2.44 bits per heavy atom. The summed E-state index contributed by atoms with van der Waals surface area (Å²) < 4.78 is 18.1. The fourth-order valence-electron chi connectivity index (χ4n) is 6.12. The third kappa shape index (κ3) is 2.53. The van der Waals surface area contributed by atoms with Crippen molar-refractivity contribution in [1.29, 1.82) is 0 Å². The summed E-state index contributed by atoms with van der Waals surface area (Å²) in [5.41, 5.74) is 2.69. The van der Waals surface area contributed by atoms with Crippen molar-refractivity contribution in [3.8, 4) is 0 Å². The molecule has 8 rings (SSSR count). The lowest BCUT2D eigenvalue weighted by atomic mass is 9.69. The second kappa shape index (κ2) is 5.92. The summed E-state index contributed by atoms with van der Waals surface area (Å²) in [4.78, 5) is 13.2. The van der Waals surface area contributed by atoms with Gasteiger partial charge in [-0.3, -0.25) is 4.79 Å². The van der Waals surface area contributed by atoms with Crippen LogP contribution in [-0.4, -0.2) is 24.7 Å². The number of fused-ring (bicyclic) bond motifs is 4. The molecule has 0 radical (unpaired) electrons. The number of ether oxygens (including phenoxy) is 3. The van der Waals surface area contributed by atoms with Crippen molar-refractivity contribution in [3.05, 3.63) is 47.5 Å². The zero-order chi connectivity index (χ0) is 18.0. The van der Waals surface area contributed by atoms with Crippen molar-refractivity contribution in [3.63, 3.8) is 0 Å². The Hall–Kier alpha value is -1.65. The van der Waals surface area contributed by atoms with Gasteiger partial charge >= 0.3 is 5.97 Å². The van der Waals surface area contributed by atoms with Crippen molar-refractivity contribution in [2.24, 2.45) is 23.2 Å². The number of benzene rings is 1. The second-order valence-electron chi connectivity index (χ2n) is 9.18. The maximum Gasteiger partial charge on any atom is 0.310 e. The highest BCUT2D eigenvalue weighted by Gasteiger charge is 2.57. The highest BCUT2D eigenvalue weighted by Crippen LogP contribution is 2.52. The van der Waals surface area contributed by atoms with E-state index in [1.165, 1.54) is 17.5 Å². The molecule has 3 heterocycles. The molecule has 4 aliphatic carbocycles. The Morgan fingerprint density at radius 1 is 1.04 bits per heavy atom. The van der Waals surface area contributed by atoms with Gasteiger partial charge in [0.15, 0.2) is 12.4 Å². The number of hydrogen-bond donors (Lipinski definition) is 0. The van der Waals surface area contributed by atoms with Crippen LogP contribution in [0.15, 0.2) is 36.4 Å². The Labute approximate surface area is 159 Å². The van der Waals surface area contributed by atoms with Crippen LogP contribution in [-0.2, 0) is 31.8 Å². The first kappa shape index (κ1) is 16.3. The minimum Gasteiger partial charge on any atom is -0.456 e. The molecule has 1 saturated carbocycles. The van der Waals surface area contributed by atoms with E-state index in [2.05, 4.69) is 36.4 Å². The normalized spacial score (nSPS) is 40.3. The van der Waals surface area contributed by atoms with Crippen LogP contribution in [0, 0.1) is 23.2 Å². The molecule has 1 aromatic rings. The molecule has 4 fully saturated rings. The summed E-state index contributed by atoms with van der Waals surface area (Å²) in [5, 5.41) is 0. The van der Waals surface area contributed by atoms with Crippen LogP contribution < -0.4 is 0 Å². The van der Waals surface area contributed by atoms with E-state index >= 15 is 0 Å². The summed E-state index contributed by atoms with van der Waals surface area (Å²) in [6.45, 7) is 0. The van der Waals surface area contributed by atoms with Crippen LogP contribution in [0.2, 0.25) is 0 Å². The van der Waals surface area contributed by atoms with Crippen molar-refractivity contribution in [2.45, 2.75) is 63.6 Å². The Bertz CT molecular complexity index is 768. The molecule has 3 saturated heterocycles. The first-order valence-corrected chi connectivity index (χ1v) is 10.5. The van der Waals surface area contributed by atoms with Gasteiger partial charge in [-0.15, -0.1) is 0 Å². The van der Waals surface area contributed by atoms with E-state index in [0.717, 1.165) is 38.5 Å². The number of esters is 1. The first-order chi connectivity index (χ1) is 13.2. The molecule has 1 spiro atoms. The van der Waals surface area contributed by atoms with Gasteiger partial charge in [-0.2, -0.15) is 0 Å². The Morgan fingerprint density at radius 2 is 1.81 bits per heavy atom. The van der Waals surface area contributed by atoms with Crippen molar-refractivity contribution < 1.29 is 19.0 Å². The summed E-state index contributed by atoms with van der Waals surface area (Å²) in [7, 11) is 0. The van der Waals surface area contributed by atoms with E-state index in [1.54, 1.807) is 0 Å². The molecule has 0 N–H and O–H groups in total. The smallest absolute Gasteiger partial charge is 0.310 e. The zero-order valence-electron chi connectivity index (χ0n) is 15.5.